The molecular weight excluding hydrogens is 262 g/mol. The Hall–Kier alpha value is -1.33. The molecule has 0 radical (unpaired) electrons. The standard InChI is InChI=1S/C14H17NO3S/c1-9-3-5-11(6-4-9)19-14(17)10-7-12(15-8-10)13(16)18-2/h3-6,10,12,15H,7-8H2,1-2H3/t10-,12+/m1/s1. The maximum absolute atomic E-state index is 12.1. The van der Waals surface area contributed by atoms with E-state index >= 15 is 0 Å². The Labute approximate surface area is 116 Å². The van der Waals surface area contributed by atoms with Gasteiger partial charge in [-0.2, -0.15) is 0 Å². The fourth-order valence-electron chi connectivity index (χ4n) is 2.04. The van der Waals surface area contributed by atoms with Crippen molar-refractivity contribution in [1.29, 1.82) is 0 Å². The van der Waals surface area contributed by atoms with Gasteiger partial charge in [0.05, 0.1) is 7.11 Å². The summed E-state index contributed by atoms with van der Waals surface area (Å²) in [5, 5.41) is 3.12. The number of benzene rings is 1. The number of carbonyl (C=O) groups is 2. The normalized spacial score (nSPS) is 22.2. The van der Waals surface area contributed by atoms with Crippen molar-refractivity contribution in [2.75, 3.05) is 13.7 Å². The lowest BCUT2D eigenvalue weighted by Gasteiger charge is -2.08. The number of methoxy groups -OCH3 is 1. The van der Waals surface area contributed by atoms with E-state index in [2.05, 4.69) is 10.1 Å². The van der Waals surface area contributed by atoms with Gasteiger partial charge in [-0.15, -0.1) is 0 Å². The number of aryl methyl sites for hydroxylation is 1. The SMILES string of the molecule is COC(=O)[C@@H]1C[C@@H](C(=O)Sc2ccc(C)cc2)CN1. The third-order valence-corrected chi connectivity index (χ3v) is 4.23. The molecule has 0 bridgehead atoms. The van der Waals surface area contributed by atoms with E-state index in [9.17, 15) is 9.59 Å². The van der Waals surface area contributed by atoms with Crippen molar-refractivity contribution >= 4 is 22.8 Å². The van der Waals surface area contributed by atoms with E-state index in [1.807, 2.05) is 31.2 Å². The number of hydrogen-bond donors (Lipinski definition) is 1. The Morgan fingerprint density at radius 2 is 2.00 bits per heavy atom. The van der Waals surface area contributed by atoms with Crippen LogP contribution in [0.3, 0.4) is 0 Å². The van der Waals surface area contributed by atoms with Crippen molar-refractivity contribution in [1.82, 2.24) is 5.32 Å². The number of hydrogen-bond acceptors (Lipinski definition) is 5. The maximum Gasteiger partial charge on any atom is 0.322 e. The molecule has 0 aromatic heterocycles. The van der Waals surface area contributed by atoms with Gasteiger partial charge in [0.2, 0.25) is 0 Å². The summed E-state index contributed by atoms with van der Waals surface area (Å²) in [6, 6.07) is 7.51. The van der Waals surface area contributed by atoms with Crippen LogP contribution in [0.25, 0.3) is 0 Å². The molecule has 102 valence electrons. The molecule has 1 aliphatic rings. The van der Waals surface area contributed by atoms with Gasteiger partial charge in [0, 0.05) is 17.4 Å². The third kappa shape index (κ3) is 3.58. The van der Waals surface area contributed by atoms with E-state index < -0.39 is 0 Å². The minimum absolute atomic E-state index is 0.0998. The summed E-state index contributed by atoms with van der Waals surface area (Å²) in [6.45, 7) is 2.55. The van der Waals surface area contributed by atoms with Gasteiger partial charge in [0.1, 0.15) is 6.04 Å². The van der Waals surface area contributed by atoms with Crippen molar-refractivity contribution in [3.63, 3.8) is 0 Å². The first kappa shape index (κ1) is 14.1. The van der Waals surface area contributed by atoms with E-state index in [1.165, 1.54) is 24.4 Å². The Bertz CT molecular complexity index is 472. The van der Waals surface area contributed by atoms with E-state index in [0.29, 0.717) is 13.0 Å². The molecule has 1 heterocycles. The van der Waals surface area contributed by atoms with Gasteiger partial charge in [0.25, 0.3) is 0 Å². The number of thioether (sulfide) groups is 1. The van der Waals surface area contributed by atoms with Crippen LogP contribution in [0.5, 0.6) is 0 Å². The lowest BCUT2D eigenvalue weighted by Crippen LogP contribution is -2.31. The van der Waals surface area contributed by atoms with Crippen molar-refractivity contribution in [2.45, 2.75) is 24.3 Å². The van der Waals surface area contributed by atoms with Crippen LogP contribution >= 0.6 is 11.8 Å². The van der Waals surface area contributed by atoms with Crippen LogP contribution in [-0.4, -0.2) is 30.8 Å². The molecule has 1 aliphatic heterocycles. The first-order valence-corrected chi connectivity index (χ1v) is 7.01. The average molecular weight is 279 g/mol. The monoisotopic (exact) mass is 279 g/mol. The maximum atomic E-state index is 12.1. The summed E-state index contributed by atoms with van der Waals surface area (Å²) >= 11 is 1.24. The molecule has 0 spiro atoms. The van der Waals surface area contributed by atoms with E-state index in [-0.39, 0.29) is 23.0 Å². The zero-order chi connectivity index (χ0) is 13.8. The molecule has 5 heteroatoms. The van der Waals surface area contributed by atoms with Gasteiger partial charge in [-0.1, -0.05) is 29.5 Å². The van der Waals surface area contributed by atoms with Crippen molar-refractivity contribution < 1.29 is 14.3 Å². The lowest BCUT2D eigenvalue weighted by atomic mass is 10.1. The Morgan fingerprint density at radius 3 is 2.63 bits per heavy atom. The van der Waals surface area contributed by atoms with Crippen molar-refractivity contribution in [2.24, 2.45) is 5.92 Å². The highest BCUT2D eigenvalue weighted by molar-refractivity contribution is 8.13. The summed E-state index contributed by atoms with van der Waals surface area (Å²) in [5.74, 6) is -0.425. The fourth-order valence-corrected chi connectivity index (χ4v) is 2.89. The summed E-state index contributed by atoms with van der Waals surface area (Å²) in [4.78, 5) is 24.4. The molecule has 19 heavy (non-hydrogen) atoms. The molecule has 0 saturated carbocycles. The second kappa shape index (κ2) is 6.21. The fraction of sp³-hybridized carbons (Fsp3) is 0.429. The smallest absolute Gasteiger partial charge is 0.322 e. The molecular formula is C14H17NO3S. The van der Waals surface area contributed by atoms with Gasteiger partial charge >= 0.3 is 5.97 Å². The predicted octanol–water partition coefficient (Wildman–Crippen LogP) is 1.76. The molecule has 1 aromatic carbocycles. The highest BCUT2D eigenvalue weighted by Crippen LogP contribution is 2.27. The van der Waals surface area contributed by atoms with Gasteiger partial charge < -0.3 is 10.1 Å². The summed E-state index contributed by atoms with van der Waals surface area (Å²) in [5.41, 5.74) is 1.17. The van der Waals surface area contributed by atoms with Crippen LogP contribution in [0.2, 0.25) is 0 Å². The number of rotatable bonds is 3. The van der Waals surface area contributed by atoms with Crippen LogP contribution in [-0.2, 0) is 14.3 Å². The molecule has 1 fully saturated rings. The predicted molar refractivity (Wildman–Crippen MR) is 74.0 cm³/mol. The second-order valence-corrected chi connectivity index (χ2v) is 5.73. The molecule has 0 aliphatic carbocycles. The first-order valence-electron chi connectivity index (χ1n) is 6.19. The van der Waals surface area contributed by atoms with Crippen LogP contribution in [0.15, 0.2) is 29.2 Å². The van der Waals surface area contributed by atoms with Crippen molar-refractivity contribution in [3.8, 4) is 0 Å². The Morgan fingerprint density at radius 1 is 1.32 bits per heavy atom. The van der Waals surface area contributed by atoms with Gasteiger partial charge in [0.15, 0.2) is 5.12 Å². The van der Waals surface area contributed by atoms with E-state index in [4.69, 9.17) is 0 Å². The summed E-state index contributed by atoms with van der Waals surface area (Å²) < 4.78 is 4.67. The largest absolute Gasteiger partial charge is 0.468 e. The zero-order valence-electron chi connectivity index (χ0n) is 11.0. The minimum atomic E-state index is -0.349. The molecule has 1 saturated heterocycles. The van der Waals surface area contributed by atoms with Crippen LogP contribution in [0, 0.1) is 12.8 Å². The number of esters is 1. The summed E-state index contributed by atoms with van der Waals surface area (Å²) in [7, 11) is 1.36. The van der Waals surface area contributed by atoms with Crippen molar-refractivity contribution in [3.05, 3.63) is 29.8 Å². The van der Waals surface area contributed by atoms with Crippen LogP contribution in [0.4, 0.5) is 0 Å². The quantitative estimate of drug-likeness (QED) is 0.675. The van der Waals surface area contributed by atoms with Gasteiger partial charge in [-0.25, -0.2) is 0 Å². The number of ether oxygens (including phenoxy) is 1. The highest BCUT2D eigenvalue weighted by Gasteiger charge is 2.34. The molecule has 2 atom stereocenters. The van der Waals surface area contributed by atoms with E-state index in [1.54, 1.807) is 0 Å². The number of carbonyl (C=O) groups excluding carboxylic acids is 2. The lowest BCUT2D eigenvalue weighted by molar-refractivity contribution is -0.142. The first-order chi connectivity index (χ1) is 9.10. The minimum Gasteiger partial charge on any atom is -0.468 e. The molecule has 0 unspecified atom stereocenters. The molecule has 0 amide bonds. The van der Waals surface area contributed by atoms with Gasteiger partial charge in [-0.05, 0) is 25.5 Å². The average Bonchev–Trinajstić information content (AvgIpc) is 2.90. The zero-order valence-corrected chi connectivity index (χ0v) is 11.8. The van der Waals surface area contributed by atoms with Crippen LogP contribution < -0.4 is 5.32 Å². The van der Waals surface area contributed by atoms with Crippen LogP contribution in [0.1, 0.15) is 12.0 Å². The van der Waals surface area contributed by atoms with E-state index in [0.717, 1.165) is 4.90 Å². The Kier molecular flexibility index (Phi) is 4.61. The molecule has 1 N–H and O–H groups in total. The molecule has 1 aromatic rings. The Balaban J connectivity index is 1.91. The highest BCUT2D eigenvalue weighted by atomic mass is 32.2. The number of nitrogens with one attached hydrogen (secondary N) is 1. The topological polar surface area (TPSA) is 55.4 Å². The molecule has 2 rings (SSSR count). The van der Waals surface area contributed by atoms with Gasteiger partial charge in [-0.3, -0.25) is 9.59 Å². The molecule has 4 nitrogen and oxygen atoms in total. The second-order valence-electron chi connectivity index (χ2n) is 4.65. The third-order valence-electron chi connectivity index (χ3n) is 3.19. The summed E-state index contributed by atoms with van der Waals surface area (Å²) in [6.07, 6.45) is 0.518.